The third-order valence-electron chi connectivity index (χ3n) is 5.10. The SMILES string of the molecule is CCc1nncn1CCNC(=NC)N1CCC(COc2cc(Cl)cc(Cl)c2)CC1.I. The van der Waals surface area contributed by atoms with Crippen LogP contribution in [0.3, 0.4) is 0 Å². The van der Waals surface area contributed by atoms with Crippen LogP contribution in [-0.2, 0) is 13.0 Å². The summed E-state index contributed by atoms with van der Waals surface area (Å²) in [4.78, 5) is 6.75. The van der Waals surface area contributed by atoms with Gasteiger partial charge in [0, 0.05) is 49.7 Å². The zero-order valence-corrected chi connectivity index (χ0v) is 21.2. The van der Waals surface area contributed by atoms with Crippen LogP contribution in [0.1, 0.15) is 25.6 Å². The molecular formula is C20H29Cl2IN6O. The molecule has 2 heterocycles. The van der Waals surface area contributed by atoms with Gasteiger partial charge in [0.05, 0.1) is 6.61 Å². The first kappa shape index (κ1) is 25.0. The highest BCUT2D eigenvalue weighted by Gasteiger charge is 2.22. The predicted octanol–water partition coefficient (Wildman–Crippen LogP) is 4.13. The maximum Gasteiger partial charge on any atom is 0.193 e. The lowest BCUT2D eigenvalue weighted by molar-refractivity contribution is 0.179. The minimum Gasteiger partial charge on any atom is -0.493 e. The fourth-order valence-electron chi connectivity index (χ4n) is 3.50. The lowest BCUT2D eigenvalue weighted by Crippen LogP contribution is -2.46. The zero-order chi connectivity index (χ0) is 20.6. The van der Waals surface area contributed by atoms with Crippen molar-refractivity contribution >= 4 is 53.1 Å². The Morgan fingerprint density at radius 2 is 1.93 bits per heavy atom. The Bertz CT molecular complexity index is 803. The van der Waals surface area contributed by atoms with Crippen LogP contribution in [0, 0.1) is 5.92 Å². The van der Waals surface area contributed by atoms with E-state index in [9.17, 15) is 0 Å². The lowest BCUT2D eigenvalue weighted by Gasteiger charge is -2.34. The van der Waals surface area contributed by atoms with Gasteiger partial charge in [-0.2, -0.15) is 0 Å². The average molecular weight is 567 g/mol. The first-order valence-electron chi connectivity index (χ1n) is 10.00. The number of guanidine groups is 1. The number of aliphatic imine (C=N–C) groups is 1. The van der Waals surface area contributed by atoms with Gasteiger partial charge in [-0.3, -0.25) is 4.99 Å². The number of nitrogens with one attached hydrogen (secondary N) is 1. The molecule has 166 valence electrons. The van der Waals surface area contributed by atoms with Crippen molar-refractivity contribution in [1.82, 2.24) is 25.0 Å². The highest BCUT2D eigenvalue weighted by Crippen LogP contribution is 2.26. The predicted molar refractivity (Wildman–Crippen MR) is 132 cm³/mol. The van der Waals surface area contributed by atoms with Crippen molar-refractivity contribution in [1.29, 1.82) is 0 Å². The van der Waals surface area contributed by atoms with Crippen molar-refractivity contribution in [3.8, 4) is 5.75 Å². The molecule has 0 unspecified atom stereocenters. The summed E-state index contributed by atoms with van der Waals surface area (Å²) in [5.74, 6) is 3.18. The smallest absolute Gasteiger partial charge is 0.193 e. The summed E-state index contributed by atoms with van der Waals surface area (Å²) in [5.41, 5.74) is 0. The Hall–Kier alpha value is -1.26. The summed E-state index contributed by atoms with van der Waals surface area (Å²) in [7, 11) is 1.83. The molecule has 1 aromatic heterocycles. The van der Waals surface area contributed by atoms with E-state index in [1.165, 1.54) is 0 Å². The van der Waals surface area contributed by atoms with Gasteiger partial charge in [-0.15, -0.1) is 34.2 Å². The van der Waals surface area contributed by atoms with Crippen molar-refractivity contribution in [2.75, 3.05) is 33.3 Å². The summed E-state index contributed by atoms with van der Waals surface area (Å²) in [5, 5.41) is 12.7. The van der Waals surface area contributed by atoms with Crippen LogP contribution >= 0.6 is 47.2 Å². The molecule has 0 saturated carbocycles. The molecule has 1 aliphatic heterocycles. The fourth-order valence-corrected chi connectivity index (χ4v) is 4.00. The number of hydrogen-bond donors (Lipinski definition) is 1. The molecule has 1 N–H and O–H groups in total. The van der Waals surface area contributed by atoms with Gasteiger partial charge in [0.15, 0.2) is 5.96 Å². The number of hydrogen-bond acceptors (Lipinski definition) is 4. The number of aromatic nitrogens is 3. The van der Waals surface area contributed by atoms with E-state index in [4.69, 9.17) is 27.9 Å². The minimum absolute atomic E-state index is 0. The van der Waals surface area contributed by atoms with Crippen molar-refractivity contribution in [2.45, 2.75) is 32.7 Å². The van der Waals surface area contributed by atoms with Crippen molar-refractivity contribution in [2.24, 2.45) is 10.9 Å². The van der Waals surface area contributed by atoms with E-state index in [1.54, 1.807) is 24.5 Å². The molecule has 1 saturated heterocycles. The number of aryl methyl sites for hydroxylation is 1. The third kappa shape index (κ3) is 7.16. The molecule has 1 aliphatic rings. The summed E-state index contributed by atoms with van der Waals surface area (Å²) in [6.45, 7) is 6.28. The van der Waals surface area contributed by atoms with Crippen LogP contribution in [0.2, 0.25) is 10.0 Å². The second-order valence-electron chi connectivity index (χ2n) is 7.11. The van der Waals surface area contributed by atoms with Gasteiger partial charge >= 0.3 is 0 Å². The Morgan fingerprint density at radius 1 is 1.23 bits per heavy atom. The Balaban J connectivity index is 0.00000320. The molecule has 3 rings (SSSR count). The minimum atomic E-state index is 0. The van der Waals surface area contributed by atoms with E-state index in [-0.39, 0.29) is 24.0 Å². The van der Waals surface area contributed by atoms with Crippen LogP contribution < -0.4 is 10.1 Å². The second kappa shape index (κ2) is 12.6. The molecule has 0 atom stereocenters. The number of nitrogens with zero attached hydrogens (tertiary/aromatic N) is 5. The summed E-state index contributed by atoms with van der Waals surface area (Å²) in [6.07, 6.45) is 4.77. The molecule has 0 radical (unpaired) electrons. The van der Waals surface area contributed by atoms with Crippen LogP contribution in [-0.4, -0.2) is 58.9 Å². The quantitative estimate of drug-likeness (QED) is 0.310. The fraction of sp³-hybridized carbons (Fsp3) is 0.550. The second-order valence-corrected chi connectivity index (χ2v) is 7.99. The number of halogens is 3. The maximum atomic E-state index is 6.03. The Labute approximate surface area is 205 Å². The first-order chi connectivity index (χ1) is 14.1. The molecule has 1 fully saturated rings. The molecule has 0 bridgehead atoms. The highest BCUT2D eigenvalue weighted by atomic mass is 127. The van der Waals surface area contributed by atoms with Crippen molar-refractivity contribution in [3.63, 3.8) is 0 Å². The van der Waals surface area contributed by atoms with Gasteiger partial charge in [0.2, 0.25) is 0 Å². The van der Waals surface area contributed by atoms with E-state index < -0.39 is 0 Å². The number of rotatable bonds is 7. The number of ether oxygens (including phenoxy) is 1. The lowest BCUT2D eigenvalue weighted by atomic mass is 9.98. The van der Waals surface area contributed by atoms with E-state index in [2.05, 4.69) is 36.9 Å². The van der Waals surface area contributed by atoms with Gasteiger partial charge in [-0.25, -0.2) is 0 Å². The molecule has 10 heteroatoms. The molecule has 2 aromatic rings. The molecule has 0 aliphatic carbocycles. The number of piperidine rings is 1. The molecule has 7 nitrogen and oxygen atoms in total. The summed E-state index contributed by atoms with van der Waals surface area (Å²) in [6, 6.07) is 5.31. The van der Waals surface area contributed by atoms with E-state index >= 15 is 0 Å². The standard InChI is InChI=1S/C20H28Cl2N6O.HI/c1-3-19-26-25-14-28(19)9-6-24-20(23-2)27-7-4-15(5-8-27)13-29-18-11-16(21)10-17(22)12-18;/h10-12,14-15H,3-9,13H2,1-2H3,(H,23,24);1H. The van der Waals surface area contributed by atoms with E-state index in [1.807, 2.05) is 7.05 Å². The monoisotopic (exact) mass is 566 g/mol. The summed E-state index contributed by atoms with van der Waals surface area (Å²) < 4.78 is 7.98. The highest BCUT2D eigenvalue weighted by molar-refractivity contribution is 14.0. The largest absolute Gasteiger partial charge is 0.493 e. The van der Waals surface area contributed by atoms with Crippen LogP contribution in [0.4, 0.5) is 0 Å². The normalized spacial score (nSPS) is 15.1. The molecular weight excluding hydrogens is 538 g/mol. The van der Waals surface area contributed by atoms with Crippen LogP contribution in [0.15, 0.2) is 29.5 Å². The zero-order valence-electron chi connectivity index (χ0n) is 17.4. The first-order valence-corrected chi connectivity index (χ1v) is 10.8. The molecule has 30 heavy (non-hydrogen) atoms. The summed E-state index contributed by atoms with van der Waals surface area (Å²) >= 11 is 12.1. The topological polar surface area (TPSA) is 67.6 Å². The number of likely N-dealkylation sites (tertiary alicyclic amines) is 1. The Kier molecular flexibility index (Phi) is 10.5. The molecule has 1 aromatic carbocycles. The van der Waals surface area contributed by atoms with Gasteiger partial charge in [0.25, 0.3) is 0 Å². The average Bonchev–Trinajstić information content (AvgIpc) is 3.17. The van der Waals surface area contributed by atoms with E-state index in [0.29, 0.717) is 22.6 Å². The van der Waals surface area contributed by atoms with E-state index in [0.717, 1.165) is 63.0 Å². The van der Waals surface area contributed by atoms with Crippen molar-refractivity contribution < 1.29 is 4.74 Å². The van der Waals surface area contributed by atoms with Crippen LogP contribution in [0.5, 0.6) is 5.75 Å². The maximum absolute atomic E-state index is 6.03. The third-order valence-corrected chi connectivity index (χ3v) is 5.53. The molecule has 0 spiro atoms. The van der Waals surface area contributed by atoms with Gasteiger partial charge in [-0.05, 0) is 37.0 Å². The number of benzene rings is 1. The van der Waals surface area contributed by atoms with Gasteiger partial charge in [0.1, 0.15) is 17.9 Å². The van der Waals surface area contributed by atoms with Crippen molar-refractivity contribution in [3.05, 3.63) is 40.4 Å². The van der Waals surface area contributed by atoms with Crippen LogP contribution in [0.25, 0.3) is 0 Å². The molecule has 0 amide bonds. The van der Waals surface area contributed by atoms with Gasteiger partial charge < -0.3 is 19.5 Å². The van der Waals surface area contributed by atoms with Gasteiger partial charge in [-0.1, -0.05) is 30.1 Å². The Morgan fingerprint density at radius 3 is 2.57 bits per heavy atom.